The van der Waals surface area contributed by atoms with Gasteiger partial charge >= 0.3 is 0 Å². The molecule has 7 aromatic rings. The lowest BCUT2D eigenvalue weighted by Crippen LogP contribution is -2.30. The number of hydrogen-bond donors (Lipinski definition) is 0. The van der Waals surface area contributed by atoms with Gasteiger partial charge in [-0.2, -0.15) is 0 Å². The molecule has 0 heterocycles. The zero-order chi connectivity index (χ0) is 49.5. The predicted octanol–water partition coefficient (Wildman–Crippen LogP) is 21.7. The van der Waals surface area contributed by atoms with Gasteiger partial charge in [-0.1, -0.05) is 193 Å². The highest BCUT2D eigenvalue weighted by atomic mass is 15.1. The molecular weight excluding hydrogens is 893 g/mol. The molecule has 2 nitrogen and oxygen atoms in total. The lowest BCUT2D eigenvalue weighted by molar-refractivity contribution is 0.346. The van der Waals surface area contributed by atoms with Crippen LogP contribution in [-0.4, -0.2) is 0 Å². The number of nitrogens with zero attached hydrogens (tertiary/aromatic N) is 2. The van der Waals surface area contributed by atoms with Gasteiger partial charge in [-0.25, -0.2) is 0 Å². The molecule has 0 unspecified atom stereocenters. The minimum atomic E-state index is -0.0237. The third-order valence-corrected chi connectivity index (χ3v) is 19.2. The van der Waals surface area contributed by atoms with Gasteiger partial charge in [0.25, 0.3) is 0 Å². The third-order valence-electron chi connectivity index (χ3n) is 19.2. The molecule has 0 radical (unpaired) electrons. The number of rotatable bonds is 13. The fraction of sp³-hybridized carbons (Fsp3) is 0.417. The van der Waals surface area contributed by atoms with Crippen LogP contribution in [0.4, 0.5) is 34.1 Å². The van der Waals surface area contributed by atoms with E-state index in [2.05, 4.69) is 180 Å². The zero-order valence-electron chi connectivity index (χ0n) is 44.5. The first kappa shape index (κ1) is 49.0. The summed E-state index contributed by atoms with van der Waals surface area (Å²) in [5.41, 5.74) is 18.9. The molecule has 2 heteroatoms. The van der Waals surface area contributed by atoms with Crippen LogP contribution in [0.2, 0.25) is 0 Å². The quantitative estimate of drug-likeness (QED) is 0.114. The van der Waals surface area contributed by atoms with Crippen molar-refractivity contribution >= 4 is 34.1 Å². The van der Waals surface area contributed by atoms with E-state index in [9.17, 15) is 0 Å². The first-order valence-corrected chi connectivity index (χ1v) is 30.0. The Kier molecular flexibility index (Phi) is 15.2. The van der Waals surface area contributed by atoms with Crippen LogP contribution in [0.25, 0.3) is 11.1 Å². The molecule has 12 rings (SSSR count). The van der Waals surface area contributed by atoms with Crippen LogP contribution < -0.4 is 9.80 Å². The van der Waals surface area contributed by atoms with E-state index in [1.165, 1.54) is 239 Å². The second kappa shape index (κ2) is 22.9. The monoisotopic (exact) mass is 975 g/mol. The summed E-state index contributed by atoms with van der Waals surface area (Å²) in [6.45, 7) is 0. The summed E-state index contributed by atoms with van der Waals surface area (Å²) >= 11 is 0. The first-order chi connectivity index (χ1) is 36.6. The van der Waals surface area contributed by atoms with Crippen LogP contribution in [0.15, 0.2) is 170 Å². The van der Waals surface area contributed by atoms with E-state index < -0.39 is 0 Å². The lowest BCUT2D eigenvalue weighted by atomic mass is 9.65. The van der Waals surface area contributed by atoms with E-state index in [-0.39, 0.29) is 5.41 Å². The molecule has 5 aliphatic carbocycles. The Balaban J connectivity index is 0.847. The Morgan fingerprint density at radius 1 is 0.230 bits per heavy atom. The Morgan fingerprint density at radius 2 is 0.446 bits per heavy atom. The van der Waals surface area contributed by atoms with Gasteiger partial charge in [0.05, 0.1) is 0 Å². The normalized spacial score (nSPS) is 19.2. The molecule has 0 atom stereocenters. The molecule has 0 spiro atoms. The number of hydrogen-bond acceptors (Lipinski definition) is 2. The zero-order valence-corrected chi connectivity index (χ0v) is 44.5. The molecule has 74 heavy (non-hydrogen) atoms. The fourth-order valence-electron chi connectivity index (χ4n) is 14.8. The smallest absolute Gasteiger partial charge is 0.0462 e. The van der Waals surface area contributed by atoms with Crippen LogP contribution in [0.1, 0.15) is 218 Å². The summed E-state index contributed by atoms with van der Waals surface area (Å²) < 4.78 is 0. The van der Waals surface area contributed by atoms with Crippen molar-refractivity contribution in [3.05, 3.63) is 203 Å². The van der Waals surface area contributed by atoms with Gasteiger partial charge in [-0.15, -0.1) is 0 Å². The standard InChI is InChI=1S/C72H82N2/c1-6-16-54(17-7-1)58-24-26-59(27-25-58)63-34-46-69(47-35-63)74(68-44-32-62(33-45-68)57-22-12-4-13-23-57)71-50-38-65(39-51-71)72(52-14-5-15-53-72)64-36-48-70(49-37-64)73(66-40-28-60(29-41-66)55-18-8-2-9-19-55)67-42-30-61(31-43-67)56-20-10-3-11-21-56/h24-51,54-57H,1-23,52-53H2. The summed E-state index contributed by atoms with van der Waals surface area (Å²) in [5, 5.41) is 0. The Hall–Kier alpha value is -5.86. The SMILES string of the molecule is c1cc(C2CCCCC2)ccc1-c1ccc(N(c2ccc(C3CCCCC3)cc2)c2ccc(C3(c4ccc(N(c5ccc(C6CCCCC6)cc5)c5ccc(C6CCCCC6)cc5)cc4)CCCCC3)cc2)cc1. The highest BCUT2D eigenvalue weighted by Crippen LogP contribution is 2.48. The van der Waals surface area contributed by atoms with Gasteiger partial charge in [0, 0.05) is 39.5 Å². The summed E-state index contributed by atoms with van der Waals surface area (Å²) in [5.74, 6) is 2.82. The van der Waals surface area contributed by atoms with E-state index in [0.29, 0.717) is 17.8 Å². The average molecular weight is 975 g/mol. The number of benzene rings is 7. The molecule has 0 saturated heterocycles. The van der Waals surface area contributed by atoms with Crippen LogP contribution >= 0.6 is 0 Å². The summed E-state index contributed by atoms with van der Waals surface area (Å²) in [7, 11) is 0. The molecule has 5 aliphatic rings. The maximum absolute atomic E-state index is 2.51. The van der Waals surface area contributed by atoms with Crippen LogP contribution in [0, 0.1) is 0 Å². The molecule has 5 fully saturated rings. The Morgan fingerprint density at radius 3 is 0.730 bits per heavy atom. The highest BCUT2D eigenvalue weighted by Gasteiger charge is 2.36. The Bertz CT molecular complexity index is 2770. The van der Waals surface area contributed by atoms with Crippen molar-refractivity contribution in [2.75, 3.05) is 9.80 Å². The van der Waals surface area contributed by atoms with E-state index >= 15 is 0 Å². The molecule has 380 valence electrons. The minimum Gasteiger partial charge on any atom is -0.311 e. The van der Waals surface area contributed by atoms with E-state index in [4.69, 9.17) is 0 Å². The molecule has 0 aromatic heterocycles. The van der Waals surface area contributed by atoms with Crippen LogP contribution in [0.5, 0.6) is 0 Å². The van der Waals surface area contributed by atoms with E-state index in [1.807, 2.05) is 0 Å². The van der Waals surface area contributed by atoms with Gasteiger partial charge in [-0.3, -0.25) is 0 Å². The molecule has 0 amide bonds. The largest absolute Gasteiger partial charge is 0.311 e. The molecule has 5 saturated carbocycles. The maximum atomic E-state index is 2.51. The molecule has 0 bridgehead atoms. The topological polar surface area (TPSA) is 6.48 Å². The van der Waals surface area contributed by atoms with Crippen LogP contribution in [-0.2, 0) is 5.41 Å². The molecule has 0 aliphatic heterocycles. The van der Waals surface area contributed by atoms with Crippen molar-refractivity contribution in [1.29, 1.82) is 0 Å². The maximum Gasteiger partial charge on any atom is 0.0462 e. The van der Waals surface area contributed by atoms with E-state index in [0.717, 1.165) is 5.92 Å². The average Bonchev–Trinajstić information content (AvgIpc) is 3.50. The summed E-state index contributed by atoms with van der Waals surface area (Å²) in [6.07, 6.45) is 33.3. The van der Waals surface area contributed by atoms with Gasteiger partial charge in [-0.05, 0) is 205 Å². The fourth-order valence-corrected chi connectivity index (χ4v) is 14.8. The van der Waals surface area contributed by atoms with Crippen molar-refractivity contribution in [3.63, 3.8) is 0 Å². The van der Waals surface area contributed by atoms with Crippen molar-refractivity contribution in [3.8, 4) is 11.1 Å². The van der Waals surface area contributed by atoms with Crippen molar-refractivity contribution in [2.45, 2.75) is 190 Å². The molecule has 0 N–H and O–H groups in total. The van der Waals surface area contributed by atoms with Gasteiger partial charge < -0.3 is 9.80 Å². The molecular formula is C72H82N2. The van der Waals surface area contributed by atoms with Gasteiger partial charge in [0.2, 0.25) is 0 Å². The second-order valence-corrected chi connectivity index (χ2v) is 23.7. The minimum absolute atomic E-state index is 0.0237. The number of anilines is 6. The van der Waals surface area contributed by atoms with Crippen molar-refractivity contribution in [2.24, 2.45) is 0 Å². The van der Waals surface area contributed by atoms with Crippen molar-refractivity contribution < 1.29 is 0 Å². The molecule has 7 aromatic carbocycles. The Labute approximate surface area is 445 Å². The van der Waals surface area contributed by atoms with Gasteiger partial charge in [0.1, 0.15) is 0 Å². The highest BCUT2D eigenvalue weighted by molar-refractivity contribution is 5.80. The summed E-state index contributed by atoms with van der Waals surface area (Å²) in [4.78, 5) is 5.00. The van der Waals surface area contributed by atoms with Crippen LogP contribution in [0.3, 0.4) is 0 Å². The van der Waals surface area contributed by atoms with Crippen molar-refractivity contribution in [1.82, 2.24) is 0 Å². The summed E-state index contributed by atoms with van der Waals surface area (Å²) in [6, 6.07) is 67.5. The second-order valence-electron chi connectivity index (χ2n) is 23.7. The van der Waals surface area contributed by atoms with Gasteiger partial charge in [0.15, 0.2) is 0 Å². The first-order valence-electron chi connectivity index (χ1n) is 30.0. The van der Waals surface area contributed by atoms with E-state index in [1.54, 1.807) is 0 Å². The predicted molar refractivity (Wildman–Crippen MR) is 315 cm³/mol. The third kappa shape index (κ3) is 10.7. The lowest BCUT2D eigenvalue weighted by Gasteiger charge is -2.39.